The monoisotopic (exact) mass is 442 g/mol. The smallest absolute Gasteiger partial charge is 0.133 e. The molecule has 0 unspecified atom stereocenters. The van der Waals surface area contributed by atoms with Crippen LogP contribution in [0.3, 0.4) is 0 Å². The molecule has 1 heteroatoms. The van der Waals surface area contributed by atoms with Crippen LogP contribution >= 0.6 is 0 Å². The summed E-state index contributed by atoms with van der Waals surface area (Å²) in [6.07, 6.45) is 7.56. The fraction of sp³-hybridized carbons (Fsp3) is 0.375. The van der Waals surface area contributed by atoms with Crippen LogP contribution in [0.1, 0.15) is 75.6 Å². The van der Waals surface area contributed by atoms with Crippen molar-refractivity contribution in [3.05, 3.63) is 107 Å². The molecule has 0 aliphatic rings. The lowest BCUT2D eigenvalue weighted by Crippen LogP contribution is -2.03. The van der Waals surface area contributed by atoms with Crippen LogP contribution in [0.15, 0.2) is 85.0 Å². The molecule has 0 atom stereocenters. The van der Waals surface area contributed by atoms with E-state index < -0.39 is 0 Å². The van der Waals surface area contributed by atoms with Gasteiger partial charge in [0.1, 0.15) is 11.5 Å². The molecule has 0 saturated carbocycles. The molecule has 0 spiro atoms. The van der Waals surface area contributed by atoms with Gasteiger partial charge < -0.3 is 4.74 Å². The molecule has 0 saturated heterocycles. The van der Waals surface area contributed by atoms with Crippen molar-refractivity contribution in [3.63, 3.8) is 0 Å². The zero-order chi connectivity index (χ0) is 24.4. The van der Waals surface area contributed by atoms with Gasteiger partial charge in [-0.15, -0.1) is 26.3 Å². The normalized spacial score (nSPS) is 10.7. The quantitative estimate of drug-likeness (QED) is 0.265. The Morgan fingerprint density at radius 2 is 0.758 bits per heavy atom. The highest BCUT2D eigenvalue weighted by Gasteiger charge is 2.17. The van der Waals surface area contributed by atoms with Crippen LogP contribution in [0.5, 0.6) is 11.5 Å². The summed E-state index contributed by atoms with van der Waals surface area (Å²) in [6.45, 7) is 24.8. The predicted octanol–water partition coefficient (Wildman–Crippen LogP) is 9.51. The zero-order valence-electron chi connectivity index (χ0n) is 21.4. The summed E-state index contributed by atoms with van der Waals surface area (Å²) in [7, 11) is 0. The SMILES string of the molecule is C=C(C)CCc1cccc(CCC(=C)C)c1Oc1c(CCC(=C)C)cccc1CCC(=C)C. The fourth-order valence-electron chi connectivity index (χ4n) is 3.82. The molecule has 2 aromatic rings. The van der Waals surface area contributed by atoms with E-state index in [2.05, 4.69) is 90.4 Å². The highest BCUT2D eigenvalue weighted by molar-refractivity contribution is 5.50. The molecule has 0 bridgehead atoms. The first-order chi connectivity index (χ1) is 15.7. The Bertz CT molecular complexity index is 851. The molecule has 1 nitrogen and oxygen atoms in total. The number of hydrogen-bond donors (Lipinski definition) is 0. The molecule has 176 valence electrons. The summed E-state index contributed by atoms with van der Waals surface area (Å²) in [5, 5.41) is 0. The number of hydrogen-bond acceptors (Lipinski definition) is 1. The van der Waals surface area contributed by atoms with Gasteiger partial charge in [0.25, 0.3) is 0 Å². The number of para-hydroxylation sites is 2. The molecule has 33 heavy (non-hydrogen) atoms. The maximum absolute atomic E-state index is 6.91. The summed E-state index contributed by atoms with van der Waals surface area (Å²) < 4.78 is 6.91. The Balaban J connectivity index is 2.54. The van der Waals surface area contributed by atoms with Gasteiger partial charge in [-0.1, -0.05) is 58.7 Å². The van der Waals surface area contributed by atoms with E-state index in [1.54, 1.807) is 0 Å². The van der Waals surface area contributed by atoms with Crippen LogP contribution in [0.25, 0.3) is 0 Å². The molecule has 2 rings (SSSR count). The van der Waals surface area contributed by atoms with Crippen molar-refractivity contribution >= 4 is 0 Å². The van der Waals surface area contributed by atoms with Gasteiger partial charge in [-0.05, 0) is 101 Å². The lowest BCUT2D eigenvalue weighted by Gasteiger charge is -2.21. The maximum atomic E-state index is 6.91. The third-order valence-corrected chi connectivity index (χ3v) is 5.84. The highest BCUT2D eigenvalue weighted by atomic mass is 16.5. The van der Waals surface area contributed by atoms with Gasteiger partial charge in [-0.3, -0.25) is 0 Å². The van der Waals surface area contributed by atoms with E-state index in [-0.39, 0.29) is 0 Å². The van der Waals surface area contributed by atoms with Gasteiger partial charge in [0, 0.05) is 0 Å². The van der Waals surface area contributed by atoms with Crippen LogP contribution in [0, 0.1) is 0 Å². The lowest BCUT2D eigenvalue weighted by atomic mass is 9.97. The van der Waals surface area contributed by atoms with Crippen LogP contribution in [-0.4, -0.2) is 0 Å². The topological polar surface area (TPSA) is 9.23 Å². The Labute approximate surface area is 202 Å². The summed E-state index contributed by atoms with van der Waals surface area (Å²) in [5.41, 5.74) is 9.76. The van der Waals surface area contributed by atoms with E-state index in [1.165, 1.54) is 44.5 Å². The van der Waals surface area contributed by atoms with Crippen molar-refractivity contribution in [1.82, 2.24) is 0 Å². The molecule has 0 fully saturated rings. The number of aryl methyl sites for hydroxylation is 4. The third-order valence-electron chi connectivity index (χ3n) is 5.84. The summed E-state index contributed by atoms with van der Waals surface area (Å²) in [5.74, 6) is 2.03. The number of rotatable bonds is 14. The number of ether oxygens (including phenoxy) is 1. The average molecular weight is 443 g/mol. The summed E-state index contributed by atoms with van der Waals surface area (Å²) in [6, 6.07) is 13.1. The zero-order valence-corrected chi connectivity index (χ0v) is 21.4. The van der Waals surface area contributed by atoms with Crippen LogP contribution < -0.4 is 4.74 Å². The van der Waals surface area contributed by atoms with Crippen molar-refractivity contribution < 1.29 is 4.74 Å². The third kappa shape index (κ3) is 8.92. The van der Waals surface area contributed by atoms with E-state index in [4.69, 9.17) is 4.74 Å². The molecule has 0 radical (unpaired) electrons. The molecule has 0 heterocycles. The molecule has 2 aromatic carbocycles. The van der Waals surface area contributed by atoms with E-state index in [0.717, 1.165) is 62.9 Å². The minimum Gasteiger partial charge on any atom is -0.456 e. The first-order valence-electron chi connectivity index (χ1n) is 12.1. The molecule has 0 amide bonds. The Morgan fingerprint density at radius 1 is 0.515 bits per heavy atom. The van der Waals surface area contributed by atoms with Crippen molar-refractivity contribution in [2.75, 3.05) is 0 Å². The first-order valence-corrected chi connectivity index (χ1v) is 12.1. The van der Waals surface area contributed by atoms with Crippen molar-refractivity contribution in [1.29, 1.82) is 0 Å². The molecule has 0 aliphatic heterocycles. The van der Waals surface area contributed by atoms with Gasteiger partial charge in [0.2, 0.25) is 0 Å². The Morgan fingerprint density at radius 3 is 0.970 bits per heavy atom. The highest BCUT2D eigenvalue weighted by Crippen LogP contribution is 2.37. The Hall–Kier alpha value is -2.80. The molecular formula is C32H42O. The second-order valence-electron chi connectivity index (χ2n) is 9.74. The number of benzene rings is 2. The van der Waals surface area contributed by atoms with Gasteiger partial charge in [-0.25, -0.2) is 0 Å². The van der Waals surface area contributed by atoms with E-state index in [1.807, 2.05) is 0 Å². The minimum absolute atomic E-state index is 0.931. The summed E-state index contributed by atoms with van der Waals surface area (Å²) >= 11 is 0. The molecule has 0 aliphatic carbocycles. The van der Waals surface area contributed by atoms with Gasteiger partial charge in [-0.2, -0.15) is 0 Å². The fourth-order valence-corrected chi connectivity index (χ4v) is 3.82. The second-order valence-corrected chi connectivity index (χ2v) is 9.74. The van der Waals surface area contributed by atoms with Crippen LogP contribution in [-0.2, 0) is 25.7 Å². The Kier molecular flexibility index (Phi) is 10.5. The van der Waals surface area contributed by atoms with Crippen molar-refractivity contribution in [3.8, 4) is 11.5 Å². The van der Waals surface area contributed by atoms with Gasteiger partial charge in [0.15, 0.2) is 0 Å². The van der Waals surface area contributed by atoms with E-state index >= 15 is 0 Å². The predicted molar refractivity (Wildman–Crippen MR) is 145 cm³/mol. The number of allylic oxidation sites excluding steroid dienone is 4. The molecule has 0 N–H and O–H groups in total. The lowest BCUT2D eigenvalue weighted by molar-refractivity contribution is 0.457. The van der Waals surface area contributed by atoms with Crippen molar-refractivity contribution in [2.24, 2.45) is 0 Å². The van der Waals surface area contributed by atoms with Crippen LogP contribution in [0.4, 0.5) is 0 Å². The van der Waals surface area contributed by atoms with Crippen LogP contribution in [0.2, 0.25) is 0 Å². The summed E-state index contributed by atoms with van der Waals surface area (Å²) in [4.78, 5) is 0. The average Bonchev–Trinajstić information content (AvgIpc) is 2.75. The molecular weight excluding hydrogens is 400 g/mol. The minimum atomic E-state index is 0.931. The van der Waals surface area contributed by atoms with Crippen molar-refractivity contribution in [2.45, 2.75) is 79.1 Å². The largest absolute Gasteiger partial charge is 0.456 e. The first kappa shape index (κ1) is 26.5. The second kappa shape index (κ2) is 13.0. The van der Waals surface area contributed by atoms with Gasteiger partial charge >= 0.3 is 0 Å². The van der Waals surface area contributed by atoms with Gasteiger partial charge in [0.05, 0.1) is 0 Å². The molecule has 0 aromatic heterocycles. The maximum Gasteiger partial charge on any atom is 0.133 e. The van der Waals surface area contributed by atoms with E-state index in [0.29, 0.717) is 0 Å². The standard InChI is InChI=1S/C32H42O/c1-23(2)15-19-27-11-9-12-28(20-16-24(3)4)31(27)33-32-29(21-17-25(5)6)13-10-14-30(32)22-18-26(7)8/h9-14H,1,3,5,7,15-22H2,2,4,6,8H3. The van der Waals surface area contributed by atoms with E-state index in [9.17, 15) is 0 Å².